The van der Waals surface area contributed by atoms with E-state index in [1.807, 2.05) is 36.7 Å². The number of rotatable bonds is 7. The molecule has 0 fully saturated rings. The summed E-state index contributed by atoms with van der Waals surface area (Å²) in [4.78, 5) is 12.0. The standard InChI is InChI=1S/C27H24N4O/c1-2-26-25(19-7-8-20-14-29-10-9-18(20)11-19)13-23(16-31-26)32-17-22(28)12-21-15-30-27-6-4-3-5-24(21)27/h2-11,13-16,22,30H,1,12,17,28H2/t22-/m0/s1. The molecule has 3 N–H and O–H groups in total. The smallest absolute Gasteiger partial charge is 0.138 e. The van der Waals surface area contributed by atoms with Crippen LogP contribution in [-0.4, -0.2) is 27.6 Å². The molecule has 158 valence electrons. The molecule has 5 aromatic rings. The highest BCUT2D eigenvalue weighted by Gasteiger charge is 2.12. The number of hydrogen-bond acceptors (Lipinski definition) is 4. The topological polar surface area (TPSA) is 76.8 Å². The summed E-state index contributed by atoms with van der Waals surface area (Å²) in [5.41, 5.74) is 11.6. The van der Waals surface area contributed by atoms with E-state index in [-0.39, 0.29) is 6.04 Å². The first kappa shape index (κ1) is 20.0. The lowest BCUT2D eigenvalue weighted by atomic mass is 10.0. The summed E-state index contributed by atoms with van der Waals surface area (Å²) in [5.74, 6) is 0.690. The number of nitrogens with one attached hydrogen (secondary N) is 1. The molecule has 0 saturated heterocycles. The molecule has 0 bridgehead atoms. The van der Waals surface area contributed by atoms with Crippen LogP contribution in [0.25, 0.3) is 38.9 Å². The lowest BCUT2D eigenvalue weighted by Crippen LogP contribution is -2.30. The maximum atomic E-state index is 6.39. The van der Waals surface area contributed by atoms with Crippen molar-refractivity contribution in [2.45, 2.75) is 12.5 Å². The molecule has 0 aliphatic heterocycles. The van der Waals surface area contributed by atoms with Gasteiger partial charge in [-0.05, 0) is 53.3 Å². The zero-order valence-corrected chi connectivity index (χ0v) is 17.7. The fourth-order valence-electron chi connectivity index (χ4n) is 4.03. The average Bonchev–Trinajstić information content (AvgIpc) is 3.25. The number of benzene rings is 2. The Hall–Kier alpha value is -3.96. The van der Waals surface area contributed by atoms with Gasteiger partial charge in [-0.3, -0.25) is 9.97 Å². The molecule has 0 radical (unpaired) electrons. The summed E-state index contributed by atoms with van der Waals surface area (Å²) in [6.45, 7) is 4.31. The number of ether oxygens (including phenoxy) is 1. The summed E-state index contributed by atoms with van der Waals surface area (Å²) in [6, 6.07) is 18.4. The Morgan fingerprint density at radius 3 is 2.88 bits per heavy atom. The molecular formula is C27H24N4O. The van der Waals surface area contributed by atoms with Gasteiger partial charge in [-0.2, -0.15) is 0 Å². The second kappa shape index (κ2) is 8.65. The molecule has 0 unspecified atom stereocenters. The third kappa shape index (κ3) is 3.98. The van der Waals surface area contributed by atoms with E-state index in [0.717, 1.165) is 39.5 Å². The van der Waals surface area contributed by atoms with Gasteiger partial charge in [-0.25, -0.2) is 0 Å². The number of nitrogens with zero attached hydrogens (tertiary/aromatic N) is 2. The summed E-state index contributed by atoms with van der Waals surface area (Å²) in [6.07, 6.45) is 9.91. The molecule has 32 heavy (non-hydrogen) atoms. The van der Waals surface area contributed by atoms with Crippen molar-refractivity contribution in [3.05, 3.63) is 97.2 Å². The number of aromatic amines is 1. The van der Waals surface area contributed by atoms with Crippen molar-refractivity contribution in [2.75, 3.05) is 6.61 Å². The van der Waals surface area contributed by atoms with Crippen molar-refractivity contribution >= 4 is 27.8 Å². The summed E-state index contributed by atoms with van der Waals surface area (Å²) < 4.78 is 6.04. The Labute approximate surface area is 186 Å². The maximum absolute atomic E-state index is 6.39. The van der Waals surface area contributed by atoms with E-state index >= 15 is 0 Å². The first-order chi connectivity index (χ1) is 15.7. The Balaban J connectivity index is 1.34. The SMILES string of the molecule is C=Cc1ncc(OC[C@@H](N)Cc2c[nH]c3ccccc23)cc1-c1ccc2cnccc2c1. The van der Waals surface area contributed by atoms with Crippen LogP contribution in [0.15, 0.2) is 86.0 Å². The minimum Gasteiger partial charge on any atom is -0.490 e. The van der Waals surface area contributed by atoms with Crippen LogP contribution in [0.2, 0.25) is 0 Å². The van der Waals surface area contributed by atoms with Gasteiger partial charge in [0.2, 0.25) is 0 Å². The van der Waals surface area contributed by atoms with Crippen LogP contribution >= 0.6 is 0 Å². The van der Waals surface area contributed by atoms with Gasteiger partial charge in [0.25, 0.3) is 0 Å². The Morgan fingerprint density at radius 1 is 1.06 bits per heavy atom. The molecule has 5 nitrogen and oxygen atoms in total. The van der Waals surface area contributed by atoms with Crippen molar-refractivity contribution in [2.24, 2.45) is 5.73 Å². The molecule has 1 atom stereocenters. The van der Waals surface area contributed by atoms with E-state index in [1.165, 1.54) is 10.9 Å². The number of aromatic nitrogens is 3. The first-order valence-corrected chi connectivity index (χ1v) is 10.6. The maximum Gasteiger partial charge on any atom is 0.138 e. The van der Waals surface area contributed by atoms with E-state index in [2.05, 4.69) is 51.9 Å². The molecule has 0 aliphatic carbocycles. The van der Waals surface area contributed by atoms with E-state index in [0.29, 0.717) is 12.4 Å². The number of fused-ring (bicyclic) bond motifs is 2. The molecular weight excluding hydrogens is 396 g/mol. The molecule has 3 heterocycles. The zero-order valence-electron chi connectivity index (χ0n) is 17.7. The highest BCUT2D eigenvalue weighted by Crippen LogP contribution is 2.30. The zero-order chi connectivity index (χ0) is 21.9. The Morgan fingerprint density at radius 2 is 1.97 bits per heavy atom. The molecule has 3 aromatic heterocycles. The highest BCUT2D eigenvalue weighted by molar-refractivity contribution is 5.88. The van der Waals surface area contributed by atoms with Gasteiger partial charge in [0.15, 0.2) is 0 Å². The number of pyridine rings is 2. The van der Waals surface area contributed by atoms with E-state index in [9.17, 15) is 0 Å². The van der Waals surface area contributed by atoms with E-state index < -0.39 is 0 Å². The predicted octanol–water partition coefficient (Wildman–Crippen LogP) is 5.37. The molecule has 5 rings (SSSR count). The fourth-order valence-corrected chi connectivity index (χ4v) is 4.03. The summed E-state index contributed by atoms with van der Waals surface area (Å²) in [7, 11) is 0. The van der Waals surface area contributed by atoms with Crippen molar-refractivity contribution in [3.63, 3.8) is 0 Å². The first-order valence-electron chi connectivity index (χ1n) is 10.6. The van der Waals surface area contributed by atoms with Gasteiger partial charge >= 0.3 is 0 Å². The normalized spacial score (nSPS) is 12.2. The number of H-pyrrole nitrogens is 1. The summed E-state index contributed by atoms with van der Waals surface area (Å²) >= 11 is 0. The van der Waals surface area contributed by atoms with Gasteiger partial charge in [-0.15, -0.1) is 0 Å². The largest absolute Gasteiger partial charge is 0.490 e. The van der Waals surface area contributed by atoms with E-state index in [1.54, 1.807) is 18.5 Å². The van der Waals surface area contributed by atoms with Gasteiger partial charge in [-0.1, -0.05) is 36.9 Å². The highest BCUT2D eigenvalue weighted by atomic mass is 16.5. The van der Waals surface area contributed by atoms with E-state index in [4.69, 9.17) is 10.5 Å². The van der Waals surface area contributed by atoms with Crippen molar-refractivity contribution in [1.82, 2.24) is 15.0 Å². The average molecular weight is 421 g/mol. The van der Waals surface area contributed by atoms with Gasteiger partial charge in [0, 0.05) is 46.5 Å². The number of para-hydroxylation sites is 1. The Bertz CT molecular complexity index is 1410. The van der Waals surface area contributed by atoms with Crippen LogP contribution in [0.5, 0.6) is 5.75 Å². The molecule has 5 heteroatoms. The van der Waals surface area contributed by atoms with Gasteiger partial charge in [0.05, 0.1) is 11.9 Å². The quantitative estimate of drug-likeness (QED) is 0.371. The molecule has 2 aromatic carbocycles. The minimum absolute atomic E-state index is 0.134. The van der Waals surface area contributed by atoms with Crippen molar-refractivity contribution in [1.29, 1.82) is 0 Å². The van der Waals surface area contributed by atoms with Crippen LogP contribution < -0.4 is 10.5 Å². The van der Waals surface area contributed by atoms with Gasteiger partial charge < -0.3 is 15.5 Å². The van der Waals surface area contributed by atoms with Crippen LogP contribution in [0.3, 0.4) is 0 Å². The van der Waals surface area contributed by atoms with Crippen LogP contribution in [0.1, 0.15) is 11.3 Å². The number of hydrogen-bond donors (Lipinski definition) is 2. The van der Waals surface area contributed by atoms with Gasteiger partial charge in [0.1, 0.15) is 12.4 Å². The lowest BCUT2D eigenvalue weighted by Gasteiger charge is -2.14. The van der Waals surface area contributed by atoms with Crippen LogP contribution in [0, 0.1) is 0 Å². The third-order valence-electron chi connectivity index (χ3n) is 5.66. The lowest BCUT2D eigenvalue weighted by molar-refractivity contribution is 0.287. The van der Waals surface area contributed by atoms with Crippen LogP contribution in [0.4, 0.5) is 0 Å². The second-order valence-corrected chi connectivity index (χ2v) is 7.88. The molecule has 0 saturated carbocycles. The minimum atomic E-state index is -0.134. The van der Waals surface area contributed by atoms with Crippen LogP contribution in [-0.2, 0) is 6.42 Å². The molecule has 0 amide bonds. The van der Waals surface area contributed by atoms with Crippen molar-refractivity contribution in [3.8, 4) is 16.9 Å². The monoisotopic (exact) mass is 420 g/mol. The molecule has 0 spiro atoms. The third-order valence-corrected chi connectivity index (χ3v) is 5.66. The second-order valence-electron chi connectivity index (χ2n) is 7.88. The summed E-state index contributed by atoms with van der Waals surface area (Å²) in [5, 5.41) is 3.42. The van der Waals surface area contributed by atoms with Crippen molar-refractivity contribution < 1.29 is 4.74 Å². The molecule has 0 aliphatic rings. The Kier molecular flexibility index (Phi) is 5.40. The fraction of sp³-hybridized carbons (Fsp3) is 0.111. The number of nitrogens with two attached hydrogens (primary N) is 1. The predicted molar refractivity (Wildman–Crippen MR) is 131 cm³/mol.